The predicted molar refractivity (Wildman–Crippen MR) is 52.5 cm³/mol. The number of nitrogens with zero attached hydrogens (tertiary/aromatic N) is 1. The van der Waals surface area contributed by atoms with Gasteiger partial charge < -0.3 is 5.73 Å². The average Bonchev–Trinajstić information content (AvgIpc) is 2.51. The third-order valence-electron chi connectivity index (χ3n) is 2.26. The molecule has 1 aliphatic heterocycles. The molecule has 0 bridgehead atoms. The fourth-order valence-corrected chi connectivity index (χ4v) is 1.55. The summed E-state index contributed by atoms with van der Waals surface area (Å²) in [5, 5.41) is 0. The normalized spacial score (nSPS) is 16.2. The Morgan fingerprint density at radius 1 is 1.20 bits per heavy atom. The Hall–Kier alpha value is -1.91. The molecule has 0 saturated carbocycles. The second kappa shape index (κ2) is 3.34. The van der Waals surface area contributed by atoms with Crippen molar-refractivity contribution in [1.29, 1.82) is 0 Å². The fraction of sp³-hybridized carbons (Fsp3) is 0.200. The summed E-state index contributed by atoms with van der Waals surface area (Å²) in [6, 6.07) is 3.81. The molecular weight excluding hydrogens is 199 g/mol. The second-order valence-corrected chi connectivity index (χ2v) is 3.33. The SMILES string of the molecule is Nc1ccc(F)c(N2C(=O)CCC2=O)c1. The van der Waals surface area contributed by atoms with E-state index in [1.807, 2.05) is 0 Å². The molecule has 5 heteroatoms. The molecule has 2 rings (SSSR count). The van der Waals surface area contributed by atoms with Gasteiger partial charge in [0.1, 0.15) is 5.82 Å². The predicted octanol–water partition coefficient (Wildman–Crippen LogP) is 1.06. The monoisotopic (exact) mass is 208 g/mol. The quantitative estimate of drug-likeness (QED) is 0.554. The summed E-state index contributed by atoms with van der Waals surface area (Å²) in [4.78, 5) is 23.5. The van der Waals surface area contributed by atoms with Crippen molar-refractivity contribution in [3.8, 4) is 0 Å². The van der Waals surface area contributed by atoms with Gasteiger partial charge in [0.2, 0.25) is 11.8 Å². The molecule has 0 aromatic heterocycles. The van der Waals surface area contributed by atoms with Gasteiger partial charge in [-0.1, -0.05) is 0 Å². The fourth-order valence-electron chi connectivity index (χ4n) is 1.55. The zero-order valence-corrected chi connectivity index (χ0v) is 7.87. The highest BCUT2D eigenvalue weighted by atomic mass is 19.1. The Kier molecular flexibility index (Phi) is 2.15. The van der Waals surface area contributed by atoms with Gasteiger partial charge in [0.25, 0.3) is 0 Å². The van der Waals surface area contributed by atoms with Crippen molar-refractivity contribution < 1.29 is 14.0 Å². The Balaban J connectivity index is 2.48. The lowest BCUT2D eigenvalue weighted by Gasteiger charge is -2.14. The molecule has 4 nitrogen and oxygen atoms in total. The first-order valence-electron chi connectivity index (χ1n) is 4.50. The van der Waals surface area contributed by atoms with Crippen LogP contribution in [-0.4, -0.2) is 11.8 Å². The Bertz CT molecular complexity index is 429. The number of rotatable bonds is 1. The highest BCUT2D eigenvalue weighted by molar-refractivity contribution is 6.20. The number of benzene rings is 1. The van der Waals surface area contributed by atoms with Crippen molar-refractivity contribution >= 4 is 23.2 Å². The van der Waals surface area contributed by atoms with Crippen LogP contribution in [0.15, 0.2) is 18.2 Å². The molecule has 0 atom stereocenters. The maximum absolute atomic E-state index is 13.4. The second-order valence-electron chi connectivity index (χ2n) is 3.33. The van der Waals surface area contributed by atoms with Crippen LogP contribution < -0.4 is 10.6 Å². The topological polar surface area (TPSA) is 63.4 Å². The number of anilines is 2. The summed E-state index contributed by atoms with van der Waals surface area (Å²) < 4.78 is 13.4. The lowest BCUT2D eigenvalue weighted by Crippen LogP contribution is -2.29. The number of halogens is 1. The molecule has 0 spiro atoms. The van der Waals surface area contributed by atoms with Crippen LogP contribution in [0, 0.1) is 5.82 Å². The molecular formula is C10H9FN2O2. The first-order valence-corrected chi connectivity index (χ1v) is 4.50. The van der Waals surface area contributed by atoms with Crippen LogP contribution in [0.3, 0.4) is 0 Å². The molecule has 2 N–H and O–H groups in total. The third-order valence-corrected chi connectivity index (χ3v) is 2.26. The minimum Gasteiger partial charge on any atom is -0.399 e. The van der Waals surface area contributed by atoms with E-state index in [1.165, 1.54) is 12.1 Å². The number of nitrogen functional groups attached to an aromatic ring is 1. The molecule has 2 amide bonds. The minimum atomic E-state index is -0.618. The summed E-state index contributed by atoms with van der Waals surface area (Å²) in [5.74, 6) is -1.39. The number of carbonyl (C=O) groups is 2. The Labute approximate surface area is 85.5 Å². The smallest absolute Gasteiger partial charge is 0.234 e. The highest BCUT2D eigenvalue weighted by Crippen LogP contribution is 2.27. The summed E-state index contributed by atoms with van der Waals surface area (Å²) in [6.07, 6.45) is 0.264. The molecule has 1 fully saturated rings. The van der Waals surface area contributed by atoms with Gasteiger partial charge in [0, 0.05) is 18.5 Å². The maximum atomic E-state index is 13.4. The zero-order valence-electron chi connectivity index (χ0n) is 7.87. The number of nitrogens with two attached hydrogens (primary N) is 1. The molecule has 0 radical (unpaired) electrons. The summed E-state index contributed by atoms with van der Waals surface area (Å²) >= 11 is 0. The van der Waals surface area contributed by atoms with Gasteiger partial charge in [0.15, 0.2) is 0 Å². The van der Waals surface area contributed by atoms with Gasteiger partial charge in [-0.3, -0.25) is 9.59 Å². The van der Waals surface area contributed by atoms with E-state index in [2.05, 4.69) is 0 Å². The van der Waals surface area contributed by atoms with E-state index in [0.29, 0.717) is 5.69 Å². The molecule has 0 aliphatic carbocycles. The molecule has 1 aromatic carbocycles. The molecule has 15 heavy (non-hydrogen) atoms. The maximum Gasteiger partial charge on any atom is 0.234 e. The standard InChI is InChI=1S/C10H9FN2O2/c11-7-2-1-6(12)5-8(7)13-9(14)3-4-10(13)15/h1-2,5H,3-4,12H2. The largest absolute Gasteiger partial charge is 0.399 e. The molecule has 0 unspecified atom stereocenters. The van der Waals surface area contributed by atoms with Crippen LogP contribution in [0.4, 0.5) is 15.8 Å². The number of hydrogen-bond acceptors (Lipinski definition) is 3. The van der Waals surface area contributed by atoms with Crippen LogP contribution in [0.5, 0.6) is 0 Å². The van der Waals surface area contributed by atoms with Gasteiger partial charge >= 0.3 is 0 Å². The van der Waals surface area contributed by atoms with Crippen molar-refractivity contribution in [2.24, 2.45) is 0 Å². The summed E-state index contributed by atoms with van der Waals surface area (Å²) in [6.45, 7) is 0. The van der Waals surface area contributed by atoms with Crippen molar-refractivity contribution in [3.05, 3.63) is 24.0 Å². The van der Waals surface area contributed by atoms with Crippen molar-refractivity contribution in [2.45, 2.75) is 12.8 Å². The number of amides is 2. The molecule has 1 aliphatic rings. The van der Waals surface area contributed by atoms with Crippen LogP contribution in [0.25, 0.3) is 0 Å². The van der Waals surface area contributed by atoms with Crippen molar-refractivity contribution in [3.63, 3.8) is 0 Å². The molecule has 1 aromatic rings. The molecule has 1 saturated heterocycles. The summed E-state index contributed by atoms with van der Waals surface area (Å²) in [7, 11) is 0. The first kappa shape index (κ1) is 9.64. The minimum absolute atomic E-state index is 0.0532. The highest BCUT2D eigenvalue weighted by Gasteiger charge is 2.32. The van der Waals surface area contributed by atoms with Gasteiger partial charge in [-0.05, 0) is 18.2 Å². The Morgan fingerprint density at radius 3 is 2.40 bits per heavy atom. The van der Waals surface area contributed by atoms with E-state index in [-0.39, 0.29) is 30.3 Å². The van der Waals surface area contributed by atoms with Crippen molar-refractivity contribution in [2.75, 3.05) is 10.6 Å². The van der Waals surface area contributed by atoms with E-state index in [4.69, 9.17) is 5.73 Å². The number of imide groups is 1. The Morgan fingerprint density at radius 2 is 1.80 bits per heavy atom. The van der Waals surface area contributed by atoms with E-state index in [9.17, 15) is 14.0 Å². The van der Waals surface area contributed by atoms with Gasteiger partial charge in [0.05, 0.1) is 5.69 Å². The lowest BCUT2D eigenvalue weighted by molar-refractivity contribution is -0.121. The van der Waals surface area contributed by atoms with Gasteiger partial charge in [-0.25, -0.2) is 9.29 Å². The third kappa shape index (κ3) is 1.56. The molecule has 78 valence electrons. The zero-order chi connectivity index (χ0) is 11.0. The van der Waals surface area contributed by atoms with Gasteiger partial charge in [-0.15, -0.1) is 0 Å². The van der Waals surface area contributed by atoms with E-state index in [1.54, 1.807) is 0 Å². The van der Waals surface area contributed by atoms with Crippen LogP contribution in [0.1, 0.15) is 12.8 Å². The van der Waals surface area contributed by atoms with Crippen molar-refractivity contribution in [1.82, 2.24) is 0 Å². The number of hydrogen-bond donors (Lipinski definition) is 1. The van der Waals surface area contributed by atoms with E-state index in [0.717, 1.165) is 11.0 Å². The van der Waals surface area contributed by atoms with Crippen LogP contribution in [-0.2, 0) is 9.59 Å². The van der Waals surface area contributed by atoms with E-state index >= 15 is 0 Å². The average molecular weight is 208 g/mol. The van der Waals surface area contributed by atoms with Crippen LogP contribution >= 0.6 is 0 Å². The summed E-state index contributed by atoms with van der Waals surface area (Å²) in [5.41, 5.74) is 5.74. The van der Waals surface area contributed by atoms with Gasteiger partial charge in [-0.2, -0.15) is 0 Å². The molecule has 1 heterocycles. The lowest BCUT2D eigenvalue weighted by atomic mass is 10.2. The van der Waals surface area contributed by atoms with E-state index < -0.39 is 5.82 Å². The van der Waals surface area contributed by atoms with Crippen LogP contribution in [0.2, 0.25) is 0 Å². The number of carbonyl (C=O) groups excluding carboxylic acids is 2. The first-order chi connectivity index (χ1) is 7.09.